The molecule has 0 aliphatic carbocycles. The molecular formula is C29H45NO8PS+. The highest BCUT2D eigenvalue weighted by Crippen LogP contribution is 2.47. The Hall–Kier alpha value is -1.75. The van der Waals surface area contributed by atoms with E-state index in [1.54, 1.807) is 30.3 Å². The fourth-order valence-corrected chi connectivity index (χ4v) is 6.45. The summed E-state index contributed by atoms with van der Waals surface area (Å²) < 4.78 is 34.0. The van der Waals surface area contributed by atoms with Crippen molar-refractivity contribution >= 4 is 23.5 Å². The topological polar surface area (TPSA) is 153 Å². The van der Waals surface area contributed by atoms with Gasteiger partial charge in [-0.25, -0.2) is 17.9 Å². The second-order valence-corrected chi connectivity index (χ2v) is 13.6. The molecule has 9 nitrogen and oxygen atoms in total. The molecule has 0 bridgehead atoms. The van der Waals surface area contributed by atoms with E-state index >= 15 is 0 Å². The molecule has 2 aromatic rings. The lowest BCUT2D eigenvalue weighted by molar-refractivity contribution is -0.135. The van der Waals surface area contributed by atoms with E-state index in [2.05, 4.69) is 16.9 Å². The van der Waals surface area contributed by atoms with Crippen molar-refractivity contribution in [2.24, 2.45) is 0 Å². The van der Waals surface area contributed by atoms with Gasteiger partial charge in [0.25, 0.3) is 0 Å². The summed E-state index contributed by atoms with van der Waals surface area (Å²) in [4.78, 5) is 41.7. The van der Waals surface area contributed by atoms with Crippen LogP contribution in [-0.4, -0.2) is 57.7 Å². The predicted molar refractivity (Wildman–Crippen MR) is 158 cm³/mol. The van der Waals surface area contributed by atoms with Crippen molar-refractivity contribution in [1.82, 2.24) is 4.72 Å². The molecule has 0 aliphatic rings. The normalized spacial score (nSPS) is 14.5. The zero-order valence-corrected chi connectivity index (χ0v) is 25.0. The fourth-order valence-electron chi connectivity index (χ4n) is 4.46. The standard InChI is InChI=1S/C29H45NO8PS/c1-2-3-4-14-21-26(30-40(36,37)22-15-6-5-9-16-24-17-10-7-11-18-24)27(31)28(29(32)39(33,34)35)38-23-25-19-12-8-13-20-25/h7-8,10-13,17-20,26-28,30-31,33-35H,2-6,9,14-16,21-23H2,1H3/q+1. The molecule has 5 N–H and O–H groups in total. The van der Waals surface area contributed by atoms with E-state index in [1.807, 2.05) is 25.1 Å². The molecule has 40 heavy (non-hydrogen) atoms. The van der Waals surface area contributed by atoms with Crippen molar-refractivity contribution in [2.75, 3.05) is 5.75 Å². The Bertz CT molecular complexity index is 1080. The third kappa shape index (κ3) is 13.3. The number of aliphatic hydroxyl groups is 1. The first-order valence-corrected chi connectivity index (χ1v) is 17.3. The Morgan fingerprint density at radius 1 is 0.850 bits per heavy atom. The van der Waals surface area contributed by atoms with Crippen LogP contribution in [0.4, 0.5) is 0 Å². The van der Waals surface area contributed by atoms with Crippen molar-refractivity contribution in [1.29, 1.82) is 0 Å². The van der Waals surface area contributed by atoms with Crippen LogP contribution in [0.2, 0.25) is 0 Å². The maximum atomic E-state index is 13.0. The number of hydrogen-bond donors (Lipinski definition) is 5. The molecule has 0 fully saturated rings. The Kier molecular flexibility index (Phi) is 15.4. The Labute approximate surface area is 239 Å². The van der Waals surface area contributed by atoms with Crippen LogP contribution in [-0.2, 0) is 32.6 Å². The van der Waals surface area contributed by atoms with Crippen molar-refractivity contribution in [3.8, 4) is 0 Å². The zero-order chi connectivity index (χ0) is 29.4. The SMILES string of the molecule is CCCCCCC(NS(=O)(=O)CCCCCCc1ccccc1)C(O)C(OCc1ccccc1)C(=O)[P+](O)(O)O. The number of carbonyl (C=O) groups is 1. The quantitative estimate of drug-likeness (QED) is 0.106. The first kappa shape index (κ1) is 34.5. The van der Waals surface area contributed by atoms with E-state index in [1.165, 1.54) is 5.56 Å². The third-order valence-corrected chi connectivity index (χ3v) is 9.04. The number of nitrogens with one attached hydrogen (secondary N) is 1. The van der Waals surface area contributed by atoms with Gasteiger partial charge in [0.1, 0.15) is 6.10 Å². The van der Waals surface area contributed by atoms with E-state index in [9.17, 15) is 33.0 Å². The van der Waals surface area contributed by atoms with Crippen molar-refractivity contribution < 1.29 is 37.7 Å². The van der Waals surface area contributed by atoms with Crippen molar-refractivity contribution in [3.05, 3.63) is 71.8 Å². The smallest absolute Gasteiger partial charge is 0.388 e. The second-order valence-electron chi connectivity index (χ2n) is 10.2. The monoisotopic (exact) mass is 598 g/mol. The molecule has 0 saturated carbocycles. The first-order chi connectivity index (χ1) is 19.0. The molecule has 11 heteroatoms. The summed E-state index contributed by atoms with van der Waals surface area (Å²) in [5.41, 5.74) is 0.431. The maximum Gasteiger partial charge on any atom is 0.481 e. The number of hydrogen-bond acceptors (Lipinski definition) is 8. The lowest BCUT2D eigenvalue weighted by Crippen LogP contribution is -2.52. The summed E-state index contributed by atoms with van der Waals surface area (Å²) in [6.07, 6.45) is 3.80. The number of carbonyl (C=O) groups excluding carboxylic acids is 1. The van der Waals surface area contributed by atoms with Gasteiger partial charge in [-0.2, -0.15) is 14.7 Å². The fraction of sp³-hybridized carbons (Fsp3) is 0.552. The van der Waals surface area contributed by atoms with Crippen LogP contribution < -0.4 is 4.72 Å². The van der Waals surface area contributed by atoms with Gasteiger partial charge in [-0.3, -0.25) is 0 Å². The molecule has 3 unspecified atom stereocenters. The summed E-state index contributed by atoms with van der Waals surface area (Å²) in [5.74, 6) is -0.142. The molecule has 0 heterocycles. The number of benzene rings is 2. The van der Waals surface area contributed by atoms with Crippen LogP contribution in [0.3, 0.4) is 0 Å². The van der Waals surface area contributed by atoms with Crippen molar-refractivity contribution in [3.63, 3.8) is 0 Å². The summed E-state index contributed by atoms with van der Waals surface area (Å²) in [6.45, 7) is 1.88. The molecule has 0 spiro atoms. The minimum atomic E-state index is -5.02. The van der Waals surface area contributed by atoms with Crippen LogP contribution >= 0.6 is 7.94 Å². The van der Waals surface area contributed by atoms with Crippen LogP contribution in [0.15, 0.2) is 60.7 Å². The molecule has 0 saturated heterocycles. The molecule has 224 valence electrons. The first-order valence-electron chi connectivity index (χ1n) is 14.0. The second kappa shape index (κ2) is 17.9. The van der Waals surface area contributed by atoms with Crippen LogP contribution in [0.1, 0.15) is 75.8 Å². The van der Waals surface area contributed by atoms with Gasteiger partial charge < -0.3 is 9.84 Å². The minimum absolute atomic E-state index is 0.142. The van der Waals surface area contributed by atoms with Gasteiger partial charge in [0.2, 0.25) is 10.0 Å². The highest BCUT2D eigenvalue weighted by atomic mass is 32.2. The molecule has 2 aromatic carbocycles. The van der Waals surface area contributed by atoms with E-state index in [0.717, 1.165) is 44.9 Å². The molecule has 0 aliphatic heterocycles. The maximum absolute atomic E-state index is 13.0. The summed E-state index contributed by atoms with van der Waals surface area (Å²) in [6, 6.07) is 17.7. The average molecular weight is 599 g/mol. The van der Waals surface area contributed by atoms with E-state index in [4.69, 9.17) is 4.74 Å². The Morgan fingerprint density at radius 2 is 1.43 bits per heavy atom. The van der Waals surface area contributed by atoms with E-state index in [0.29, 0.717) is 18.4 Å². The molecular weight excluding hydrogens is 553 g/mol. The number of ether oxygens (including phenoxy) is 1. The number of sulfonamides is 1. The Balaban J connectivity index is 2.03. The van der Waals surface area contributed by atoms with Gasteiger partial charge in [-0.05, 0) is 36.8 Å². The minimum Gasteiger partial charge on any atom is -0.388 e. The van der Waals surface area contributed by atoms with Gasteiger partial charge in [0, 0.05) is 0 Å². The van der Waals surface area contributed by atoms with Crippen LogP contribution in [0.5, 0.6) is 0 Å². The molecule has 3 atom stereocenters. The van der Waals surface area contributed by atoms with Gasteiger partial charge in [-0.15, -0.1) is 0 Å². The Morgan fingerprint density at radius 3 is 2.02 bits per heavy atom. The highest BCUT2D eigenvalue weighted by molar-refractivity contribution is 7.89. The number of rotatable bonds is 21. The summed E-state index contributed by atoms with van der Waals surface area (Å²) in [7, 11) is -8.84. The van der Waals surface area contributed by atoms with E-state index in [-0.39, 0.29) is 18.8 Å². The number of aliphatic hydroxyl groups excluding tert-OH is 1. The molecule has 0 radical (unpaired) electrons. The molecule has 0 amide bonds. The summed E-state index contributed by atoms with van der Waals surface area (Å²) >= 11 is 0. The van der Waals surface area contributed by atoms with Crippen LogP contribution in [0.25, 0.3) is 0 Å². The van der Waals surface area contributed by atoms with Crippen LogP contribution in [0, 0.1) is 0 Å². The lowest BCUT2D eigenvalue weighted by atomic mass is 10.00. The van der Waals surface area contributed by atoms with Gasteiger partial charge in [0.05, 0.1) is 18.4 Å². The highest BCUT2D eigenvalue weighted by Gasteiger charge is 2.52. The van der Waals surface area contributed by atoms with Gasteiger partial charge in [0.15, 0.2) is 6.10 Å². The molecule has 0 aromatic heterocycles. The van der Waals surface area contributed by atoms with E-state index < -0.39 is 41.7 Å². The lowest BCUT2D eigenvalue weighted by Gasteiger charge is -2.29. The predicted octanol–water partition coefficient (Wildman–Crippen LogP) is 4.26. The largest absolute Gasteiger partial charge is 0.481 e. The molecule has 2 rings (SSSR count). The van der Waals surface area contributed by atoms with Gasteiger partial charge >= 0.3 is 13.5 Å². The summed E-state index contributed by atoms with van der Waals surface area (Å²) in [5, 5.41) is 11.2. The number of unbranched alkanes of at least 4 members (excludes halogenated alkanes) is 6. The van der Waals surface area contributed by atoms with Gasteiger partial charge in [-0.1, -0.05) is 106 Å². The zero-order valence-electron chi connectivity index (χ0n) is 23.3. The van der Waals surface area contributed by atoms with Crippen molar-refractivity contribution in [2.45, 2.75) is 96.0 Å². The number of aryl methyl sites for hydroxylation is 1. The average Bonchev–Trinajstić information content (AvgIpc) is 2.92. The third-order valence-electron chi connectivity index (χ3n) is 6.70.